The van der Waals surface area contributed by atoms with Crippen molar-refractivity contribution in [2.24, 2.45) is 17.6 Å². The standard InChI is InChI=1S/C23H27N3O7/c1-4-8-7-12(24)17(27)14-10(8)5-9-6-11-16(26(2)3)19(29)15(22(25)32)21(31)23(11,33)20(30)13(9)18(14)28/h7,9,11,16,27-28,31,33H,4-6,24H2,1-3H3,(H2,25,32). The van der Waals surface area contributed by atoms with Gasteiger partial charge in [0.25, 0.3) is 5.91 Å². The number of likely N-dealkylation sites (N-methyl/N-ethyl adjacent to an activating group) is 1. The van der Waals surface area contributed by atoms with Gasteiger partial charge in [0.2, 0.25) is 5.78 Å². The van der Waals surface area contributed by atoms with Gasteiger partial charge in [-0.1, -0.05) is 6.92 Å². The number of ketones is 2. The first-order valence-corrected chi connectivity index (χ1v) is 10.7. The van der Waals surface area contributed by atoms with E-state index in [1.165, 1.54) is 4.90 Å². The molecular formula is C23H27N3O7. The molecule has 176 valence electrons. The third-order valence-electron chi connectivity index (χ3n) is 7.22. The molecule has 0 aromatic heterocycles. The number of phenolic OH excluding ortho intramolecular Hbond substituents is 1. The van der Waals surface area contributed by atoms with E-state index >= 15 is 0 Å². The molecule has 8 N–H and O–H groups in total. The Kier molecular flexibility index (Phi) is 5.06. The van der Waals surface area contributed by atoms with Crippen LogP contribution in [0, 0.1) is 11.8 Å². The van der Waals surface area contributed by atoms with Crippen LogP contribution in [0.25, 0.3) is 5.76 Å². The van der Waals surface area contributed by atoms with Crippen LogP contribution in [0.5, 0.6) is 5.75 Å². The summed E-state index contributed by atoms with van der Waals surface area (Å²) in [6, 6.07) is 0.515. The van der Waals surface area contributed by atoms with Crippen LogP contribution in [0.3, 0.4) is 0 Å². The predicted octanol–water partition coefficient (Wildman–Crippen LogP) is 0.109. The predicted molar refractivity (Wildman–Crippen MR) is 118 cm³/mol. The van der Waals surface area contributed by atoms with Gasteiger partial charge in [-0.05, 0) is 56.5 Å². The van der Waals surface area contributed by atoms with Gasteiger partial charge in [0.15, 0.2) is 11.4 Å². The maximum Gasteiger partial charge on any atom is 0.255 e. The summed E-state index contributed by atoms with van der Waals surface area (Å²) in [7, 11) is 3.12. The van der Waals surface area contributed by atoms with Crippen molar-refractivity contribution in [3.63, 3.8) is 0 Å². The number of hydrogen-bond acceptors (Lipinski definition) is 9. The lowest BCUT2D eigenvalue weighted by molar-refractivity contribution is -0.153. The lowest BCUT2D eigenvalue weighted by atomic mass is 9.57. The maximum absolute atomic E-state index is 13.7. The first kappa shape index (κ1) is 22.8. The van der Waals surface area contributed by atoms with Gasteiger partial charge in [-0.25, -0.2) is 0 Å². The summed E-state index contributed by atoms with van der Waals surface area (Å²) in [5.74, 6) is -6.80. The number of benzene rings is 1. The monoisotopic (exact) mass is 457 g/mol. The molecule has 0 aliphatic heterocycles. The van der Waals surface area contributed by atoms with Crippen molar-refractivity contribution >= 4 is 28.9 Å². The van der Waals surface area contributed by atoms with Crippen LogP contribution in [0.4, 0.5) is 5.69 Å². The molecule has 1 aromatic rings. The Morgan fingerprint density at radius 2 is 1.88 bits per heavy atom. The highest BCUT2D eigenvalue weighted by molar-refractivity contribution is 6.24. The van der Waals surface area contributed by atoms with Crippen molar-refractivity contribution in [2.75, 3.05) is 19.8 Å². The van der Waals surface area contributed by atoms with E-state index in [0.29, 0.717) is 12.0 Å². The number of anilines is 1. The van der Waals surface area contributed by atoms with Gasteiger partial charge in [-0.3, -0.25) is 19.3 Å². The third-order valence-corrected chi connectivity index (χ3v) is 7.22. The second kappa shape index (κ2) is 7.32. The quantitative estimate of drug-likeness (QED) is 0.208. The van der Waals surface area contributed by atoms with Crippen molar-refractivity contribution in [2.45, 2.75) is 37.8 Å². The molecular weight excluding hydrogens is 430 g/mol. The van der Waals surface area contributed by atoms with Gasteiger partial charge >= 0.3 is 0 Å². The average molecular weight is 457 g/mol. The molecule has 0 saturated heterocycles. The number of hydrogen-bond donors (Lipinski definition) is 6. The lowest BCUT2D eigenvalue weighted by Crippen LogP contribution is -2.65. The summed E-state index contributed by atoms with van der Waals surface area (Å²) in [6.07, 6.45) is 0.874. The molecule has 1 amide bonds. The highest BCUT2D eigenvalue weighted by Crippen LogP contribution is 2.53. The molecule has 33 heavy (non-hydrogen) atoms. The van der Waals surface area contributed by atoms with Gasteiger partial charge in [-0.2, -0.15) is 0 Å². The van der Waals surface area contributed by atoms with Crippen LogP contribution in [0.1, 0.15) is 30.0 Å². The highest BCUT2D eigenvalue weighted by atomic mass is 16.3. The number of aromatic hydroxyl groups is 1. The number of aliphatic hydroxyl groups excluding tert-OH is 2. The Balaban J connectivity index is 2.00. The number of nitrogens with two attached hydrogens (primary N) is 2. The number of aliphatic hydroxyl groups is 3. The number of primary amides is 1. The van der Waals surface area contributed by atoms with Gasteiger partial charge in [0, 0.05) is 11.5 Å². The van der Waals surface area contributed by atoms with Gasteiger partial charge in [0.05, 0.1) is 17.3 Å². The molecule has 3 aliphatic rings. The number of amides is 1. The van der Waals surface area contributed by atoms with Crippen molar-refractivity contribution in [1.82, 2.24) is 4.90 Å². The maximum atomic E-state index is 13.7. The van der Waals surface area contributed by atoms with E-state index in [1.807, 2.05) is 6.92 Å². The fourth-order valence-electron chi connectivity index (χ4n) is 5.73. The van der Waals surface area contributed by atoms with E-state index in [1.54, 1.807) is 20.2 Å². The smallest absolute Gasteiger partial charge is 0.255 e. The number of nitrogen functional groups attached to an aromatic ring is 1. The number of nitrogens with zero attached hydrogens (tertiary/aromatic N) is 1. The number of phenols is 1. The van der Waals surface area contributed by atoms with Crippen molar-refractivity contribution < 1.29 is 34.8 Å². The lowest BCUT2D eigenvalue weighted by Gasteiger charge is -2.50. The fraction of sp³-hybridized carbons (Fsp3) is 0.435. The Bertz CT molecular complexity index is 1180. The number of fused-ring (bicyclic) bond motifs is 3. The van der Waals surface area contributed by atoms with Crippen LogP contribution in [-0.2, 0) is 27.2 Å². The number of aryl methyl sites for hydroxylation is 1. The minimum Gasteiger partial charge on any atom is -0.508 e. The zero-order chi connectivity index (χ0) is 24.6. The molecule has 0 radical (unpaired) electrons. The van der Waals surface area contributed by atoms with Crippen LogP contribution < -0.4 is 11.5 Å². The van der Waals surface area contributed by atoms with Crippen molar-refractivity contribution in [3.8, 4) is 5.75 Å². The molecule has 1 fully saturated rings. The number of rotatable bonds is 3. The minimum atomic E-state index is -2.64. The second-order valence-corrected chi connectivity index (χ2v) is 9.14. The molecule has 4 unspecified atom stereocenters. The number of Topliss-reactive ketones (excluding diaryl/α,β-unsaturated/α-hetero) is 2. The SMILES string of the molecule is CCc1cc(N)c(O)c2c1CC1CC3C(N(C)C)C(=O)C(C(N)=O)=C(O)C3(O)C(=O)C1=C2O. The largest absolute Gasteiger partial charge is 0.508 e. The van der Waals surface area contributed by atoms with E-state index in [0.717, 1.165) is 5.56 Å². The molecule has 4 atom stereocenters. The minimum absolute atomic E-state index is 0.0168. The Morgan fingerprint density at radius 1 is 1.24 bits per heavy atom. The topological polar surface area (TPSA) is 187 Å². The normalized spacial score (nSPS) is 29.2. The molecule has 1 saturated carbocycles. The molecule has 0 spiro atoms. The molecule has 10 heteroatoms. The Hall–Kier alpha value is -3.37. The van der Waals surface area contributed by atoms with E-state index < -0.39 is 58.0 Å². The van der Waals surface area contributed by atoms with Crippen LogP contribution in [0.15, 0.2) is 23.0 Å². The van der Waals surface area contributed by atoms with E-state index in [4.69, 9.17) is 11.5 Å². The molecule has 1 aromatic carbocycles. The third kappa shape index (κ3) is 2.83. The molecule has 0 heterocycles. The second-order valence-electron chi connectivity index (χ2n) is 9.14. The Labute approximate surface area is 189 Å². The summed E-state index contributed by atoms with van der Waals surface area (Å²) < 4.78 is 0. The van der Waals surface area contributed by atoms with E-state index in [9.17, 15) is 34.8 Å². The van der Waals surface area contributed by atoms with Crippen LogP contribution in [-0.4, -0.2) is 68.5 Å². The van der Waals surface area contributed by atoms with Gasteiger partial charge in [0.1, 0.15) is 22.8 Å². The van der Waals surface area contributed by atoms with Gasteiger partial charge in [-0.15, -0.1) is 0 Å². The Morgan fingerprint density at radius 3 is 2.42 bits per heavy atom. The average Bonchev–Trinajstić information content (AvgIpc) is 2.72. The molecule has 4 rings (SSSR count). The summed E-state index contributed by atoms with van der Waals surface area (Å²) in [5.41, 5.74) is 9.01. The molecule has 0 bridgehead atoms. The molecule has 10 nitrogen and oxygen atoms in total. The first-order valence-electron chi connectivity index (χ1n) is 10.7. The number of carbonyl (C=O) groups is 3. The molecule has 3 aliphatic carbocycles. The summed E-state index contributed by atoms with van der Waals surface area (Å²) >= 11 is 0. The van der Waals surface area contributed by atoms with Crippen LogP contribution in [0.2, 0.25) is 0 Å². The van der Waals surface area contributed by atoms with Crippen molar-refractivity contribution in [1.29, 1.82) is 0 Å². The van der Waals surface area contributed by atoms with Gasteiger partial charge < -0.3 is 31.9 Å². The first-order chi connectivity index (χ1) is 15.4. The zero-order valence-electron chi connectivity index (χ0n) is 18.5. The number of carbonyl (C=O) groups excluding carboxylic acids is 3. The van der Waals surface area contributed by atoms with Crippen LogP contribution >= 0.6 is 0 Å². The highest BCUT2D eigenvalue weighted by Gasteiger charge is 2.64. The van der Waals surface area contributed by atoms with Crippen molar-refractivity contribution in [3.05, 3.63) is 39.7 Å². The van der Waals surface area contributed by atoms with E-state index in [-0.39, 0.29) is 35.4 Å². The zero-order valence-corrected chi connectivity index (χ0v) is 18.5. The summed E-state index contributed by atoms with van der Waals surface area (Å²) in [6.45, 7) is 1.89. The summed E-state index contributed by atoms with van der Waals surface area (Å²) in [5, 5.41) is 44.0. The summed E-state index contributed by atoms with van der Waals surface area (Å²) in [4.78, 5) is 40.2. The fourth-order valence-corrected chi connectivity index (χ4v) is 5.73. The van der Waals surface area contributed by atoms with E-state index in [2.05, 4.69) is 0 Å².